The van der Waals surface area contributed by atoms with E-state index in [2.05, 4.69) is 20.8 Å². The van der Waals surface area contributed by atoms with Gasteiger partial charge in [0.15, 0.2) is 0 Å². The van der Waals surface area contributed by atoms with E-state index in [-0.39, 0.29) is 23.5 Å². The second-order valence-electron chi connectivity index (χ2n) is 6.89. The molecule has 0 bridgehead atoms. The lowest BCUT2D eigenvalue weighted by atomic mass is 10.1. The summed E-state index contributed by atoms with van der Waals surface area (Å²) in [5.74, 6) is 0.0257. The molecule has 2 N–H and O–H groups in total. The highest BCUT2D eigenvalue weighted by Gasteiger charge is 2.13. The van der Waals surface area contributed by atoms with Crippen LogP contribution in [-0.2, 0) is 9.59 Å². The van der Waals surface area contributed by atoms with Crippen LogP contribution in [0.15, 0.2) is 52.1 Å². The topological polar surface area (TPSA) is 97.1 Å². The third-order valence-corrected chi connectivity index (χ3v) is 5.20. The molecule has 30 heavy (non-hydrogen) atoms. The van der Waals surface area contributed by atoms with Gasteiger partial charge in [-0.25, -0.2) is 0 Å². The zero-order valence-corrected chi connectivity index (χ0v) is 18.3. The average molecular weight is 445 g/mol. The van der Waals surface area contributed by atoms with Gasteiger partial charge in [0, 0.05) is 27.9 Å². The summed E-state index contributed by atoms with van der Waals surface area (Å²) in [4.78, 5) is 24.2. The van der Waals surface area contributed by atoms with Gasteiger partial charge in [-0.3, -0.25) is 9.59 Å². The maximum atomic E-state index is 12.4. The van der Waals surface area contributed by atoms with Crippen molar-refractivity contribution in [1.82, 2.24) is 10.2 Å². The third-order valence-electron chi connectivity index (χ3n) is 4.13. The molecule has 0 saturated carbocycles. The van der Waals surface area contributed by atoms with Gasteiger partial charge in [-0.1, -0.05) is 43.3 Å². The van der Waals surface area contributed by atoms with Crippen molar-refractivity contribution in [2.75, 3.05) is 16.4 Å². The number of carbonyl (C=O) groups excluding carboxylic acids is 2. The number of nitrogens with one attached hydrogen (secondary N) is 2. The fourth-order valence-electron chi connectivity index (χ4n) is 2.41. The molecule has 0 saturated heterocycles. The molecule has 0 aliphatic carbocycles. The molecule has 9 heteroatoms. The van der Waals surface area contributed by atoms with Crippen LogP contribution in [0.25, 0.3) is 11.5 Å². The van der Waals surface area contributed by atoms with Crippen LogP contribution in [0, 0.1) is 12.8 Å². The molecular formula is C21H21ClN4O3S. The molecule has 1 aromatic heterocycles. The van der Waals surface area contributed by atoms with Gasteiger partial charge in [0.2, 0.25) is 17.7 Å². The molecule has 0 fully saturated rings. The van der Waals surface area contributed by atoms with Crippen molar-refractivity contribution in [2.24, 2.45) is 5.92 Å². The van der Waals surface area contributed by atoms with Crippen molar-refractivity contribution >= 4 is 46.6 Å². The summed E-state index contributed by atoms with van der Waals surface area (Å²) in [6.07, 6.45) is 0. The molecule has 0 atom stereocenters. The van der Waals surface area contributed by atoms with Crippen LogP contribution in [0.3, 0.4) is 0 Å². The smallest absolute Gasteiger partial charge is 0.277 e. The highest BCUT2D eigenvalue weighted by atomic mass is 35.5. The van der Waals surface area contributed by atoms with Crippen LogP contribution in [0.4, 0.5) is 11.4 Å². The fourth-order valence-corrected chi connectivity index (χ4v) is 3.10. The number of anilines is 2. The second kappa shape index (κ2) is 9.77. The number of aryl methyl sites for hydroxylation is 1. The van der Waals surface area contributed by atoms with Gasteiger partial charge in [-0.15, -0.1) is 10.2 Å². The van der Waals surface area contributed by atoms with Crippen LogP contribution < -0.4 is 10.6 Å². The minimum atomic E-state index is -0.221. The number of nitrogens with zero attached hydrogens (tertiary/aromatic N) is 2. The average Bonchev–Trinajstić information content (AvgIpc) is 3.18. The minimum absolute atomic E-state index is 0.0837. The van der Waals surface area contributed by atoms with Gasteiger partial charge >= 0.3 is 0 Å². The number of hydrogen-bond acceptors (Lipinski definition) is 6. The first-order chi connectivity index (χ1) is 14.3. The van der Waals surface area contributed by atoms with Gasteiger partial charge in [0.25, 0.3) is 5.22 Å². The molecule has 3 rings (SSSR count). The van der Waals surface area contributed by atoms with Gasteiger partial charge in [-0.2, -0.15) is 0 Å². The number of rotatable bonds is 7. The Morgan fingerprint density at radius 2 is 1.83 bits per heavy atom. The predicted molar refractivity (Wildman–Crippen MR) is 119 cm³/mol. The Balaban J connectivity index is 1.58. The van der Waals surface area contributed by atoms with Crippen molar-refractivity contribution in [2.45, 2.75) is 26.0 Å². The number of carbonyl (C=O) groups is 2. The normalized spacial score (nSPS) is 10.8. The summed E-state index contributed by atoms with van der Waals surface area (Å²) < 4.78 is 5.59. The maximum Gasteiger partial charge on any atom is 0.277 e. The van der Waals surface area contributed by atoms with E-state index in [0.29, 0.717) is 27.5 Å². The number of aromatic nitrogens is 2. The molecule has 0 unspecified atom stereocenters. The second-order valence-corrected chi connectivity index (χ2v) is 8.25. The van der Waals surface area contributed by atoms with E-state index in [9.17, 15) is 9.59 Å². The molecule has 7 nitrogen and oxygen atoms in total. The fraction of sp³-hybridized carbons (Fsp3) is 0.238. The molecule has 2 amide bonds. The van der Waals surface area contributed by atoms with Crippen molar-refractivity contribution in [3.8, 4) is 11.5 Å². The van der Waals surface area contributed by atoms with E-state index in [1.165, 1.54) is 0 Å². The Labute approximate surface area is 183 Å². The molecule has 0 aliphatic heterocycles. The van der Waals surface area contributed by atoms with Crippen LogP contribution in [0.5, 0.6) is 0 Å². The van der Waals surface area contributed by atoms with Crippen LogP contribution in [0.1, 0.15) is 19.4 Å². The lowest BCUT2D eigenvalue weighted by Gasteiger charge is -2.12. The zero-order chi connectivity index (χ0) is 21.7. The minimum Gasteiger partial charge on any atom is -0.411 e. The number of halogens is 1. The van der Waals surface area contributed by atoms with E-state index in [4.69, 9.17) is 16.0 Å². The van der Waals surface area contributed by atoms with Crippen LogP contribution >= 0.6 is 23.4 Å². The van der Waals surface area contributed by atoms with E-state index in [1.54, 1.807) is 36.4 Å². The first-order valence-corrected chi connectivity index (χ1v) is 10.6. The quantitative estimate of drug-likeness (QED) is 0.496. The molecule has 0 radical (unpaired) electrons. The van der Waals surface area contributed by atoms with Crippen molar-refractivity contribution in [3.05, 3.63) is 53.1 Å². The first-order valence-electron chi connectivity index (χ1n) is 9.25. The third kappa shape index (κ3) is 5.84. The number of benzene rings is 2. The lowest BCUT2D eigenvalue weighted by molar-refractivity contribution is -0.119. The Morgan fingerprint density at radius 1 is 1.10 bits per heavy atom. The summed E-state index contributed by atoms with van der Waals surface area (Å²) in [5, 5.41) is 14.5. The SMILES string of the molecule is Cc1ccc(NC(=O)C(C)C)cc1NC(=O)CSc1nnc(-c2ccc(Cl)cc2)o1. The summed E-state index contributed by atoms with van der Waals surface area (Å²) >= 11 is 7.02. The number of thioether (sulfide) groups is 1. The molecule has 156 valence electrons. The van der Waals surface area contributed by atoms with Gasteiger partial charge < -0.3 is 15.1 Å². The number of hydrogen-bond donors (Lipinski definition) is 2. The van der Waals surface area contributed by atoms with Crippen molar-refractivity contribution in [3.63, 3.8) is 0 Å². The maximum absolute atomic E-state index is 12.4. The standard InChI is InChI=1S/C21H21ClN4O3S/c1-12(2)19(28)23-16-9-4-13(3)17(10-16)24-18(27)11-30-21-26-25-20(29-21)14-5-7-15(22)8-6-14/h4-10,12H,11H2,1-3H3,(H,23,28)(H,24,27). The molecule has 0 aliphatic rings. The molecule has 0 spiro atoms. The molecule has 1 heterocycles. The monoisotopic (exact) mass is 444 g/mol. The molecule has 2 aromatic carbocycles. The highest BCUT2D eigenvalue weighted by molar-refractivity contribution is 7.99. The van der Waals surface area contributed by atoms with E-state index >= 15 is 0 Å². The van der Waals surface area contributed by atoms with Gasteiger partial charge in [-0.05, 0) is 48.9 Å². The van der Waals surface area contributed by atoms with E-state index in [1.807, 2.05) is 26.8 Å². The Hall–Kier alpha value is -2.84. The van der Waals surface area contributed by atoms with Crippen molar-refractivity contribution in [1.29, 1.82) is 0 Å². The summed E-state index contributed by atoms with van der Waals surface area (Å²) in [7, 11) is 0. The van der Waals surface area contributed by atoms with Crippen LogP contribution in [0.2, 0.25) is 5.02 Å². The van der Waals surface area contributed by atoms with Crippen LogP contribution in [-0.4, -0.2) is 27.8 Å². The largest absolute Gasteiger partial charge is 0.411 e. The van der Waals surface area contributed by atoms with Gasteiger partial charge in [0.1, 0.15) is 0 Å². The van der Waals surface area contributed by atoms with E-state index in [0.717, 1.165) is 22.9 Å². The highest BCUT2D eigenvalue weighted by Crippen LogP contribution is 2.25. The Morgan fingerprint density at radius 3 is 2.53 bits per heavy atom. The Kier molecular flexibility index (Phi) is 7.12. The summed E-state index contributed by atoms with van der Waals surface area (Å²) in [6, 6.07) is 12.4. The summed E-state index contributed by atoms with van der Waals surface area (Å²) in [6.45, 7) is 5.52. The van der Waals surface area contributed by atoms with Crippen molar-refractivity contribution < 1.29 is 14.0 Å². The molecular weight excluding hydrogens is 424 g/mol. The number of amides is 2. The van der Waals surface area contributed by atoms with Gasteiger partial charge in [0.05, 0.1) is 5.75 Å². The predicted octanol–water partition coefficient (Wildman–Crippen LogP) is 5.02. The lowest BCUT2D eigenvalue weighted by Crippen LogP contribution is -2.18. The summed E-state index contributed by atoms with van der Waals surface area (Å²) in [5.41, 5.74) is 2.90. The van der Waals surface area contributed by atoms with E-state index < -0.39 is 0 Å². The molecule has 3 aromatic rings. The Bertz CT molecular complexity index is 1050. The first kappa shape index (κ1) is 21.9. The zero-order valence-electron chi connectivity index (χ0n) is 16.7.